The molecule has 1 aliphatic rings. The molecule has 1 unspecified atom stereocenters. The van der Waals surface area contributed by atoms with Gasteiger partial charge in [-0.2, -0.15) is 0 Å². The van der Waals surface area contributed by atoms with E-state index in [1.807, 2.05) is 0 Å². The fourth-order valence-corrected chi connectivity index (χ4v) is 5.16. The van der Waals surface area contributed by atoms with Gasteiger partial charge in [-0.25, -0.2) is 8.78 Å². The highest BCUT2D eigenvalue weighted by molar-refractivity contribution is 7.22. The Morgan fingerprint density at radius 2 is 1.90 bits per heavy atom. The van der Waals surface area contributed by atoms with Crippen molar-refractivity contribution in [2.24, 2.45) is 0 Å². The molecule has 3 aromatic heterocycles. The van der Waals surface area contributed by atoms with Crippen LogP contribution in [0.5, 0.6) is 0 Å². The van der Waals surface area contributed by atoms with Gasteiger partial charge in [0.25, 0.3) is 11.5 Å². The lowest BCUT2D eigenvalue weighted by Crippen LogP contribution is -2.42. The quantitative estimate of drug-likeness (QED) is 0.435. The van der Waals surface area contributed by atoms with Crippen LogP contribution in [0.25, 0.3) is 21.0 Å². The van der Waals surface area contributed by atoms with Gasteiger partial charge in [0.15, 0.2) is 11.6 Å². The third-order valence-corrected chi connectivity index (χ3v) is 6.66. The molecule has 3 N–H and O–H groups in total. The molecule has 0 bridgehead atoms. The summed E-state index contributed by atoms with van der Waals surface area (Å²) in [5.74, 6) is -2.40. The first kappa shape index (κ1) is 19.2. The number of hydrogen-bond acceptors (Lipinski definition) is 4. The Kier molecular flexibility index (Phi) is 4.42. The number of halogens is 3. The molecule has 154 valence electrons. The summed E-state index contributed by atoms with van der Waals surface area (Å²) in [7, 11) is 1.64. The van der Waals surface area contributed by atoms with Gasteiger partial charge in [0.1, 0.15) is 5.69 Å². The van der Waals surface area contributed by atoms with E-state index in [1.54, 1.807) is 19.2 Å². The van der Waals surface area contributed by atoms with Crippen LogP contribution in [0, 0.1) is 11.6 Å². The van der Waals surface area contributed by atoms with Crippen LogP contribution in [-0.2, 0) is 6.54 Å². The molecule has 0 aliphatic carbocycles. The first-order valence-corrected chi connectivity index (χ1v) is 10.3. The molecule has 4 aromatic rings. The SMILES string of the molecule is CN(C(=O)c1cc2sc(Cl)cc2[nH]1)C1CNCc2[nH]c(=O)c3cc(F)c(F)cc3c21. The third-order valence-electron chi connectivity index (χ3n) is 5.45. The van der Waals surface area contributed by atoms with Crippen LogP contribution in [0.15, 0.2) is 29.1 Å². The number of rotatable bonds is 2. The van der Waals surface area contributed by atoms with E-state index < -0.39 is 23.2 Å². The van der Waals surface area contributed by atoms with Crippen LogP contribution < -0.4 is 10.9 Å². The van der Waals surface area contributed by atoms with Crippen LogP contribution in [0.2, 0.25) is 4.34 Å². The number of thiophene rings is 1. The first-order valence-electron chi connectivity index (χ1n) is 9.13. The number of nitrogens with one attached hydrogen (secondary N) is 3. The molecular weight excluding hydrogens is 434 g/mol. The van der Waals surface area contributed by atoms with E-state index in [9.17, 15) is 18.4 Å². The van der Waals surface area contributed by atoms with E-state index in [1.165, 1.54) is 16.2 Å². The number of aromatic amines is 2. The van der Waals surface area contributed by atoms with Gasteiger partial charge in [0.05, 0.1) is 26.0 Å². The molecule has 1 aromatic carbocycles. The van der Waals surface area contributed by atoms with E-state index in [0.717, 1.165) is 22.3 Å². The van der Waals surface area contributed by atoms with Gasteiger partial charge in [-0.1, -0.05) is 11.6 Å². The second kappa shape index (κ2) is 6.90. The molecule has 0 radical (unpaired) electrons. The Bertz CT molecular complexity index is 1360. The van der Waals surface area contributed by atoms with E-state index in [-0.39, 0.29) is 11.3 Å². The van der Waals surface area contributed by atoms with Gasteiger partial charge in [-0.3, -0.25) is 9.59 Å². The number of hydrogen-bond donors (Lipinski definition) is 3. The van der Waals surface area contributed by atoms with E-state index in [4.69, 9.17) is 11.6 Å². The maximum absolute atomic E-state index is 14.0. The number of pyridine rings is 1. The van der Waals surface area contributed by atoms with Crippen LogP contribution in [0.1, 0.15) is 27.8 Å². The number of nitrogens with zero attached hydrogens (tertiary/aromatic N) is 1. The largest absolute Gasteiger partial charge is 0.350 e. The molecule has 0 saturated carbocycles. The summed E-state index contributed by atoms with van der Waals surface area (Å²) in [5.41, 5.74) is 1.83. The lowest BCUT2D eigenvalue weighted by Gasteiger charge is -2.34. The number of H-pyrrole nitrogens is 2. The first-order chi connectivity index (χ1) is 14.3. The summed E-state index contributed by atoms with van der Waals surface area (Å²) in [6.07, 6.45) is 0. The second-order valence-electron chi connectivity index (χ2n) is 7.23. The molecule has 0 fully saturated rings. The Morgan fingerprint density at radius 1 is 1.17 bits per heavy atom. The fraction of sp³-hybridized carbons (Fsp3) is 0.200. The highest BCUT2D eigenvalue weighted by atomic mass is 35.5. The number of fused-ring (bicyclic) bond motifs is 4. The molecule has 1 aliphatic heterocycles. The second-order valence-corrected chi connectivity index (χ2v) is 8.95. The van der Waals surface area contributed by atoms with Crippen molar-refractivity contribution in [3.8, 4) is 0 Å². The Balaban J connectivity index is 1.61. The molecule has 4 heterocycles. The lowest BCUT2D eigenvalue weighted by molar-refractivity contribution is 0.0718. The third kappa shape index (κ3) is 2.92. The van der Waals surface area contributed by atoms with Gasteiger partial charge >= 0.3 is 0 Å². The number of aromatic nitrogens is 2. The lowest BCUT2D eigenvalue weighted by atomic mass is 9.93. The highest BCUT2D eigenvalue weighted by Gasteiger charge is 2.31. The highest BCUT2D eigenvalue weighted by Crippen LogP contribution is 2.34. The van der Waals surface area contributed by atoms with Crippen LogP contribution in [-0.4, -0.2) is 34.4 Å². The van der Waals surface area contributed by atoms with Crippen LogP contribution >= 0.6 is 22.9 Å². The summed E-state index contributed by atoms with van der Waals surface area (Å²) >= 11 is 7.36. The van der Waals surface area contributed by atoms with Gasteiger partial charge in [0, 0.05) is 31.4 Å². The van der Waals surface area contributed by atoms with Crippen molar-refractivity contribution >= 4 is 49.8 Å². The predicted octanol–water partition coefficient (Wildman–Crippen LogP) is 3.92. The molecule has 1 atom stereocenters. The molecular formula is C20H15ClF2N4O2S. The molecule has 0 spiro atoms. The maximum Gasteiger partial charge on any atom is 0.270 e. The van der Waals surface area contributed by atoms with Crippen molar-refractivity contribution in [2.45, 2.75) is 12.6 Å². The minimum Gasteiger partial charge on any atom is -0.350 e. The van der Waals surface area contributed by atoms with Crippen molar-refractivity contribution in [1.82, 2.24) is 20.2 Å². The van der Waals surface area contributed by atoms with Crippen molar-refractivity contribution in [3.05, 3.63) is 67.5 Å². The predicted molar refractivity (Wildman–Crippen MR) is 112 cm³/mol. The van der Waals surface area contributed by atoms with Crippen molar-refractivity contribution in [2.75, 3.05) is 13.6 Å². The zero-order chi connectivity index (χ0) is 21.2. The summed E-state index contributed by atoms with van der Waals surface area (Å²) in [5, 5.41) is 3.52. The Morgan fingerprint density at radius 3 is 2.63 bits per heavy atom. The summed E-state index contributed by atoms with van der Waals surface area (Å²) in [6.45, 7) is 0.755. The van der Waals surface area contributed by atoms with Gasteiger partial charge in [-0.15, -0.1) is 11.3 Å². The smallest absolute Gasteiger partial charge is 0.270 e. The average Bonchev–Trinajstić information content (AvgIpc) is 3.25. The molecule has 6 nitrogen and oxygen atoms in total. The number of amides is 1. The topological polar surface area (TPSA) is 81.0 Å². The number of carbonyl (C=O) groups excluding carboxylic acids is 1. The van der Waals surface area contributed by atoms with Crippen LogP contribution in [0.3, 0.4) is 0 Å². The molecule has 30 heavy (non-hydrogen) atoms. The van der Waals surface area contributed by atoms with Crippen LogP contribution in [0.4, 0.5) is 8.78 Å². The molecule has 10 heteroatoms. The monoisotopic (exact) mass is 448 g/mol. The Labute approximate surface area is 177 Å². The standard InChI is InChI=1S/C20H15ClF2N4O2S/c1-27(20(29)13-4-16-12(25-13)5-17(21)30-16)15-7-24-6-14-18(15)8-2-10(22)11(23)3-9(8)19(28)26-14/h2-5,15,24-25H,6-7H2,1H3,(H,26,28). The van der Waals surface area contributed by atoms with Crippen molar-refractivity contribution < 1.29 is 13.6 Å². The van der Waals surface area contributed by atoms with Crippen molar-refractivity contribution in [1.29, 1.82) is 0 Å². The summed E-state index contributed by atoms with van der Waals surface area (Å²) in [4.78, 5) is 32.9. The van der Waals surface area contributed by atoms with Gasteiger partial charge in [0.2, 0.25) is 0 Å². The zero-order valence-corrected chi connectivity index (χ0v) is 17.2. The maximum atomic E-state index is 14.0. The summed E-state index contributed by atoms with van der Waals surface area (Å²) in [6, 6.07) is 4.93. The fourth-order valence-electron chi connectivity index (χ4n) is 4.02. The number of benzene rings is 1. The van der Waals surface area contributed by atoms with E-state index in [2.05, 4.69) is 15.3 Å². The summed E-state index contributed by atoms with van der Waals surface area (Å²) < 4.78 is 29.3. The molecule has 0 saturated heterocycles. The minimum absolute atomic E-state index is 0.0513. The van der Waals surface area contributed by atoms with E-state index >= 15 is 0 Å². The van der Waals surface area contributed by atoms with E-state index in [0.29, 0.717) is 39.8 Å². The molecule has 1 amide bonds. The normalized spacial score (nSPS) is 16.2. The van der Waals surface area contributed by atoms with Gasteiger partial charge in [-0.05, 0) is 29.7 Å². The Hall–Kier alpha value is -2.75. The molecule has 5 rings (SSSR count). The van der Waals surface area contributed by atoms with Crippen molar-refractivity contribution in [3.63, 3.8) is 0 Å². The average molecular weight is 449 g/mol. The zero-order valence-electron chi connectivity index (χ0n) is 15.6. The number of likely N-dealkylation sites (N-methyl/N-ethyl adjacent to an activating group) is 1. The number of carbonyl (C=O) groups is 1. The minimum atomic E-state index is -1.09. The van der Waals surface area contributed by atoms with Gasteiger partial charge < -0.3 is 20.2 Å².